The van der Waals surface area contributed by atoms with E-state index in [2.05, 4.69) is 5.32 Å². The summed E-state index contributed by atoms with van der Waals surface area (Å²) in [6.45, 7) is 1.63. The van der Waals surface area contributed by atoms with Gasteiger partial charge < -0.3 is 16.2 Å². The van der Waals surface area contributed by atoms with Gasteiger partial charge in [0.25, 0.3) is 5.91 Å². The molecule has 17 heavy (non-hydrogen) atoms. The summed E-state index contributed by atoms with van der Waals surface area (Å²) in [5.74, 6) is -2.48. The van der Waals surface area contributed by atoms with E-state index in [9.17, 15) is 14.0 Å². The van der Waals surface area contributed by atoms with E-state index >= 15 is 0 Å². The molecule has 0 aliphatic heterocycles. The first-order valence-electron chi connectivity index (χ1n) is 5.04. The molecule has 6 heteroatoms. The summed E-state index contributed by atoms with van der Waals surface area (Å²) in [6, 6.07) is 2.58. The maximum atomic E-state index is 13.1. The number of carboxylic acids is 1. The third-order valence-electron chi connectivity index (χ3n) is 2.27. The molecule has 0 spiro atoms. The predicted octanol–water partition coefficient (Wildman–Crippen LogP) is 1.00. The largest absolute Gasteiger partial charge is 0.480 e. The predicted molar refractivity (Wildman–Crippen MR) is 60.0 cm³/mol. The van der Waals surface area contributed by atoms with Crippen LogP contribution in [0.25, 0.3) is 0 Å². The van der Waals surface area contributed by atoms with Gasteiger partial charge >= 0.3 is 5.97 Å². The van der Waals surface area contributed by atoms with Crippen molar-refractivity contribution in [3.05, 3.63) is 29.6 Å². The van der Waals surface area contributed by atoms with Gasteiger partial charge in [0.1, 0.15) is 11.9 Å². The molecule has 0 bridgehead atoms. The van der Waals surface area contributed by atoms with E-state index in [-0.39, 0.29) is 17.7 Å². The molecular formula is C11H13FN2O3. The average Bonchev–Trinajstić information content (AvgIpc) is 2.28. The number of hydrogen-bond donors (Lipinski definition) is 3. The van der Waals surface area contributed by atoms with Crippen molar-refractivity contribution in [1.82, 2.24) is 5.32 Å². The summed E-state index contributed by atoms with van der Waals surface area (Å²) in [7, 11) is 0. The fourth-order valence-electron chi connectivity index (χ4n) is 1.25. The van der Waals surface area contributed by atoms with Gasteiger partial charge in [0.05, 0.1) is 5.69 Å². The summed E-state index contributed by atoms with van der Waals surface area (Å²) < 4.78 is 13.1. The van der Waals surface area contributed by atoms with Crippen molar-refractivity contribution >= 4 is 17.6 Å². The normalized spacial score (nSPS) is 11.9. The number of amides is 1. The average molecular weight is 240 g/mol. The number of nitrogens with one attached hydrogen (secondary N) is 1. The van der Waals surface area contributed by atoms with Gasteiger partial charge in [-0.1, -0.05) is 6.92 Å². The molecule has 0 aliphatic carbocycles. The van der Waals surface area contributed by atoms with Gasteiger partial charge in [-0.3, -0.25) is 4.79 Å². The van der Waals surface area contributed by atoms with E-state index in [0.29, 0.717) is 0 Å². The van der Waals surface area contributed by atoms with Crippen LogP contribution in [0.5, 0.6) is 0 Å². The fourth-order valence-corrected chi connectivity index (χ4v) is 1.25. The van der Waals surface area contributed by atoms with Gasteiger partial charge in [-0.2, -0.15) is 0 Å². The zero-order valence-corrected chi connectivity index (χ0v) is 9.24. The van der Waals surface area contributed by atoms with Crippen LogP contribution in [0.3, 0.4) is 0 Å². The van der Waals surface area contributed by atoms with E-state index in [1.54, 1.807) is 6.92 Å². The van der Waals surface area contributed by atoms with Gasteiger partial charge in [0.15, 0.2) is 0 Å². The number of anilines is 1. The summed E-state index contributed by atoms with van der Waals surface area (Å²) in [5.41, 5.74) is 5.24. The van der Waals surface area contributed by atoms with Crippen LogP contribution in [0.4, 0.5) is 10.1 Å². The van der Waals surface area contributed by atoms with Gasteiger partial charge in [-0.25, -0.2) is 9.18 Å². The Labute approximate surface area is 97.4 Å². The molecule has 4 N–H and O–H groups in total. The SMILES string of the molecule is CC[C@@H](NC(=O)c1ccc(N)c(F)c1)C(=O)O. The van der Waals surface area contributed by atoms with E-state index < -0.39 is 23.7 Å². The Balaban J connectivity index is 2.82. The molecule has 1 aromatic carbocycles. The lowest BCUT2D eigenvalue weighted by atomic mass is 10.1. The number of benzene rings is 1. The first kappa shape index (κ1) is 13.0. The molecule has 0 heterocycles. The second kappa shape index (κ2) is 5.29. The van der Waals surface area contributed by atoms with E-state index in [0.717, 1.165) is 6.07 Å². The van der Waals surface area contributed by atoms with Crippen molar-refractivity contribution in [3.8, 4) is 0 Å². The minimum Gasteiger partial charge on any atom is -0.480 e. The van der Waals surface area contributed by atoms with Crippen molar-refractivity contribution in [3.63, 3.8) is 0 Å². The van der Waals surface area contributed by atoms with E-state index in [1.165, 1.54) is 12.1 Å². The van der Waals surface area contributed by atoms with Gasteiger partial charge in [-0.15, -0.1) is 0 Å². The van der Waals surface area contributed by atoms with Gasteiger partial charge in [0, 0.05) is 5.56 Å². The Kier molecular flexibility index (Phi) is 4.03. The number of nitrogens with two attached hydrogens (primary N) is 1. The Hall–Kier alpha value is -2.11. The van der Waals surface area contributed by atoms with Crippen LogP contribution >= 0.6 is 0 Å². The summed E-state index contributed by atoms with van der Waals surface area (Å²) in [5, 5.41) is 11.0. The molecule has 0 saturated carbocycles. The summed E-state index contributed by atoms with van der Waals surface area (Å²) >= 11 is 0. The van der Waals surface area contributed by atoms with Crippen LogP contribution in [0.15, 0.2) is 18.2 Å². The third kappa shape index (κ3) is 3.17. The number of rotatable bonds is 4. The number of hydrogen-bond acceptors (Lipinski definition) is 3. The summed E-state index contributed by atoms with van der Waals surface area (Å²) in [6.07, 6.45) is 0.249. The van der Waals surface area contributed by atoms with Crippen molar-refractivity contribution < 1.29 is 19.1 Å². The summed E-state index contributed by atoms with van der Waals surface area (Å²) in [4.78, 5) is 22.3. The molecule has 0 unspecified atom stereocenters. The van der Waals surface area contributed by atoms with Gasteiger partial charge in [-0.05, 0) is 24.6 Å². The number of carbonyl (C=O) groups excluding carboxylic acids is 1. The number of carboxylic acid groups (broad SMARTS) is 1. The lowest BCUT2D eigenvalue weighted by Crippen LogP contribution is -2.40. The highest BCUT2D eigenvalue weighted by Gasteiger charge is 2.18. The second-order valence-electron chi connectivity index (χ2n) is 3.51. The van der Waals surface area contributed by atoms with E-state index in [4.69, 9.17) is 10.8 Å². The molecule has 0 radical (unpaired) electrons. The molecule has 92 valence electrons. The maximum absolute atomic E-state index is 13.1. The lowest BCUT2D eigenvalue weighted by molar-refractivity contribution is -0.139. The molecule has 0 aliphatic rings. The fraction of sp³-hybridized carbons (Fsp3) is 0.273. The molecular weight excluding hydrogens is 227 g/mol. The van der Waals surface area contributed by atoms with Crippen LogP contribution in [0.2, 0.25) is 0 Å². The second-order valence-corrected chi connectivity index (χ2v) is 3.51. The first-order valence-corrected chi connectivity index (χ1v) is 5.04. The number of aliphatic carboxylic acids is 1. The smallest absolute Gasteiger partial charge is 0.326 e. The number of halogens is 1. The quantitative estimate of drug-likeness (QED) is 0.684. The molecule has 1 rings (SSSR count). The molecule has 1 amide bonds. The first-order chi connectivity index (χ1) is 7.95. The van der Waals surface area contributed by atoms with Crippen molar-refractivity contribution in [2.24, 2.45) is 0 Å². The van der Waals surface area contributed by atoms with Crippen molar-refractivity contribution in [2.45, 2.75) is 19.4 Å². The number of nitrogen functional groups attached to an aromatic ring is 1. The highest BCUT2D eigenvalue weighted by molar-refractivity contribution is 5.96. The van der Waals surface area contributed by atoms with Crippen molar-refractivity contribution in [2.75, 3.05) is 5.73 Å². The Morgan fingerprint density at radius 2 is 2.18 bits per heavy atom. The highest BCUT2D eigenvalue weighted by atomic mass is 19.1. The maximum Gasteiger partial charge on any atom is 0.326 e. The zero-order valence-electron chi connectivity index (χ0n) is 9.24. The van der Waals surface area contributed by atoms with Crippen LogP contribution < -0.4 is 11.1 Å². The van der Waals surface area contributed by atoms with Crippen LogP contribution in [0.1, 0.15) is 23.7 Å². The molecule has 1 atom stereocenters. The molecule has 0 saturated heterocycles. The topological polar surface area (TPSA) is 92.4 Å². The molecule has 5 nitrogen and oxygen atoms in total. The molecule has 0 aromatic heterocycles. The molecule has 1 aromatic rings. The van der Waals surface area contributed by atoms with E-state index in [1.807, 2.05) is 0 Å². The molecule has 0 fully saturated rings. The number of carbonyl (C=O) groups is 2. The monoisotopic (exact) mass is 240 g/mol. The Morgan fingerprint density at radius 1 is 1.53 bits per heavy atom. The highest BCUT2D eigenvalue weighted by Crippen LogP contribution is 2.12. The Bertz CT molecular complexity index is 448. The van der Waals surface area contributed by atoms with Gasteiger partial charge in [0.2, 0.25) is 0 Å². The zero-order chi connectivity index (χ0) is 13.0. The van der Waals surface area contributed by atoms with Crippen LogP contribution in [-0.2, 0) is 4.79 Å². The third-order valence-corrected chi connectivity index (χ3v) is 2.27. The standard InChI is InChI=1S/C11H13FN2O3/c1-2-9(11(16)17)14-10(15)6-3-4-8(13)7(12)5-6/h3-5,9H,2,13H2,1H3,(H,14,15)(H,16,17)/t9-/m1/s1. The Morgan fingerprint density at radius 3 is 2.65 bits per heavy atom. The minimum absolute atomic E-state index is 0.0383. The minimum atomic E-state index is -1.13. The van der Waals surface area contributed by atoms with Crippen molar-refractivity contribution in [1.29, 1.82) is 0 Å². The van der Waals surface area contributed by atoms with Crippen LogP contribution in [0, 0.1) is 5.82 Å². The lowest BCUT2D eigenvalue weighted by Gasteiger charge is -2.12. The van der Waals surface area contributed by atoms with Crippen LogP contribution in [-0.4, -0.2) is 23.0 Å².